The molecule has 1 amide bonds. The second-order valence-electron chi connectivity index (χ2n) is 9.63. The van der Waals surface area contributed by atoms with Crippen molar-refractivity contribution in [3.63, 3.8) is 0 Å². The maximum atomic E-state index is 13.4. The van der Waals surface area contributed by atoms with E-state index in [0.717, 1.165) is 42.6 Å². The number of rotatable bonds is 8. The quantitative estimate of drug-likeness (QED) is 0.345. The zero-order valence-electron chi connectivity index (χ0n) is 19.8. The van der Waals surface area contributed by atoms with Gasteiger partial charge in [-0.2, -0.15) is 13.2 Å². The zero-order chi connectivity index (χ0) is 25.5. The Labute approximate surface area is 211 Å². The van der Waals surface area contributed by atoms with Crippen LogP contribution in [0, 0.1) is 0 Å². The minimum Gasteiger partial charge on any atom is -0.321 e. The van der Waals surface area contributed by atoms with Gasteiger partial charge in [0.25, 0.3) is 5.91 Å². The van der Waals surface area contributed by atoms with E-state index in [2.05, 4.69) is 26.6 Å². The van der Waals surface area contributed by atoms with Crippen molar-refractivity contribution in [1.29, 1.82) is 0 Å². The van der Waals surface area contributed by atoms with Crippen LogP contribution in [0.5, 0.6) is 0 Å². The molecule has 11 heteroatoms. The van der Waals surface area contributed by atoms with Gasteiger partial charge in [-0.1, -0.05) is 30.2 Å². The summed E-state index contributed by atoms with van der Waals surface area (Å²) < 4.78 is 39.1. The molecule has 0 spiro atoms. The maximum Gasteiger partial charge on any atom is 0.390 e. The van der Waals surface area contributed by atoms with Crippen LogP contribution < -0.4 is 10.2 Å². The first-order valence-corrected chi connectivity index (χ1v) is 12.2. The van der Waals surface area contributed by atoms with E-state index in [1.807, 2.05) is 23.7 Å². The Bertz CT molecular complexity index is 1290. The predicted octanol–water partition coefficient (Wildman–Crippen LogP) is 4.73. The van der Waals surface area contributed by atoms with E-state index in [0.29, 0.717) is 23.5 Å². The van der Waals surface area contributed by atoms with E-state index in [1.165, 1.54) is 0 Å². The van der Waals surface area contributed by atoms with Crippen LogP contribution in [0.25, 0.3) is 0 Å². The number of hydrogen-bond acceptors (Lipinski definition) is 5. The highest BCUT2D eigenvalue weighted by molar-refractivity contribution is 6.29. The van der Waals surface area contributed by atoms with Gasteiger partial charge in [-0.05, 0) is 47.7 Å². The molecule has 36 heavy (non-hydrogen) atoms. The van der Waals surface area contributed by atoms with Crippen molar-refractivity contribution in [2.45, 2.75) is 56.8 Å². The number of fused-ring (bicyclic) bond motifs is 1. The third kappa shape index (κ3) is 4.97. The monoisotopic (exact) mass is 518 g/mol. The fraction of sp³-hybridized carbons (Fsp3) is 0.440. The third-order valence-electron chi connectivity index (χ3n) is 7.17. The second kappa shape index (κ2) is 9.48. The molecule has 2 aromatic heterocycles. The molecule has 3 aromatic rings. The number of nitrogens with zero attached hydrogens (tertiary/aromatic N) is 5. The number of anilines is 1. The highest BCUT2D eigenvalue weighted by Gasteiger charge is 2.41. The van der Waals surface area contributed by atoms with Gasteiger partial charge in [-0.25, -0.2) is 4.98 Å². The SMILES string of the molecule is Cn1cnnc1CC1(c2ccc3c(c2)C(=O)N(c2cc(CNCCC(F)(F)F)cc(Cl)n2)C3)CCC1. The van der Waals surface area contributed by atoms with Gasteiger partial charge in [0.2, 0.25) is 0 Å². The molecular formula is C25H26ClF3N6O. The summed E-state index contributed by atoms with van der Waals surface area (Å²) in [5.74, 6) is 1.14. The molecule has 1 aliphatic heterocycles. The van der Waals surface area contributed by atoms with Crippen molar-refractivity contribution >= 4 is 23.3 Å². The van der Waals surface area contributed by atoms with Crippen LogP contribution in [0.15, 0.2) is 36.7 Å². The summed E-state index contributed by atoms with van der Waals surface area (Å²) in [4.78, 5) is 19.3. The van der Waals surface area contributed by atoms with Gasteiger partial charge < -0.3 is 9.88 Å². The molecule has 0 saturated heterocycles. The van der Waals surface area contributed by atoms with Gasteiger partial charge in [-0.15, -0.1) is 10.2 Å². The number of amides is 1. The Balaban J connectivity index is 1.34. The number of pyridine rings is 1. The van der Waals surface area contributed by atoms with Crippen LogP contribution >= 0.6 is 11.6 Å². The van der Waals surface area contributed by atoms with Crippen LogP contribution in [0.4, 0.5) is 19.0 Å². The number of aromatic nitrogens is 4. The Hall–Kier alpha value is -2.98. The second-order valence-corrected chi connectivity index (χ2v) is 10.0. The number of nitrogens with one attached hydrogen (secondary N) is 1. The lowest BCUT2D eigenvalue weighted by atomic mass is 9.62. The summed E-state index contributed by atoms with van der Waals surface area (Å²) in [5.41, 5.74) is 3.27. The van der Waals surface area contributed by atoms with Crippen molar-refractivity contribution in [2.75, 3.05) is 11.4 Å². The molecule has 1 aliphatic carbocycles. The third-order valence-corrected chi connectivity index (χ3v) is 7.36. The minimum atomic E-state index is -4.22. The molecule has 1 fully saturated rings. The number of carbonyl (C=O) groups is 1. The van der Waals surface area contributed by atoms with Crippen molar-refractivity contribution in [3.05, 3.63) is 69.9 Å². The van der Waals surface area contributed by atoms with Crippen LogP contribution in [-0.4, -0.2) is 38.4 Å². The largest absolute Gasteiger partial charge is 0.390 e. The molecular weight excluding hydrogens is 493 g/mol. The van der Waals surface area contributed by atoms with E-state index in [1.54, 1.807) is 23.4 Å². The number of aryl methyl sites for hydroxylation is 1. The van der Waals surface area contributed by atoms with Crippen LogP contribution in [-0.2, 0) is 32.0 Å². The van der Waals surface area contributed by atoms with Crippen molar-refractivity contribution in [3.8, 4) is 0 Å². The lowest BCUT2D eigenvalue weighted by Crippen LogP contribution is -2.37. The molecule has 1 aromatic carbocycles. The summed E-state index contributed by atoms with van der Waals surface area (Å²) in [6.07, 6.45) is 0.506. The number of hydrogen-bond donors (Lipinski definition) is 1. The fourth-order valence-electron chi connectivity index (χ4n) is 4.99. The van der Waals surface area contributed by atoms with Gasteiger partial charge in [0.15, 0.2) is 0 Å². The van der Waals surface area contributed by atoms with Gasteiger partial charge in [0.05, 0.1) is 13.0 Å². The summed E-state index contributed by atoms with van der Waals surface area (Å²) in [6.45, 7) is 0.347. The number of alkyl halides is 3. The molecule has 0 radical (unpaired) electrons. The standard InChI is InChI=1S/C25H26ClF3N6O/c1-34-15-31-33-22(34)12-24(5-2-6-24)18-4-3-17-14-35(23(36)19(17)11-18)21-10-16(9-20(26)32-21)13-30-8-7-25(27,28)29/h3-4,9-11,15,30H,2,5-8,12-14H2,1H3. The van der Waals surface area contributed by atoms with Crippen molar-refractivity contribution in [2.24, 2.45) is 7.05 Å². The van der Waals surface area contributed by atoms with Crippen molar-refractivity contribution in [1.82, 2.24) is 25.1 Å². The molecule has 190 valence electrons. The normalized spacial score (nSPS) is 16.8. The topological polar surface area (TPSA) is 75.9 Å². The van der Waals surface area contributed by atoms with E-state index in [4.69, 9.17) is 11.6 Å². The molecule has 3 heterocycles. The molecule has 7 nitrogen and oxygen atoms in total. The Morgan fingerprint density at radius 3 is 2.67 bits per heavy atom. The highest BCUT2D eigenvalue weighted by Crippen LogP contribution is 2.47. The summed E-state index contributed by atoms with van der Waals surface area (Å²) in [7, 11) is 1.93. The molecule has 2 aliphatic rings. The van der Waals surface area contributed by atoms with Gasteiger partial charge in [0.1, 0.15) is 23.1 Å². The van der Waals surface area contributed by atoms with Gasteiger partial charge in [0, 0.05) is 37.5 Å². The fourth-order valence-corrected chi connectivity index (χ4v) is 5.22. The van der Waals surface area contributed by atoms with E-state index < -0.39 is 12.6 Å². The van der Waals surface area contributed by atoms with Crippen LogP contribution in [0.1, 0.15) is 58.6 Å². The number of halogens is 4. The molecule has 1 N–H and O–H groups in total. The Morgan fingerprint density at radius 1 is 1.19 bits per heavy atom. The number of carbonyl (C=O) groups excluding carboxylic acids is 1. The molecule has 0 bridgehead atoms. The molecule has 1 saturated carbocycles. The Kier molecular flexibility index (Phi) is 6.50. The average molecular weight is 519 g/mol. The average Bonchev–Trinajstić information content (AvgIpc) is 3.35. The summed E-state index contributed by atoms with van der Waals surface area (Å²) >= 11 is 6.19. The minimum absolute atomic E-state index is 0.0624. The first-order chi connectivity index (χ1) is 17.1. The molecule has 5 rings (SSSR count). The van der Waals surface area contributed by atoms with Crippen LogP contribution in [0.3, 0.4) is 0 Å². The Morgan fingerprint density at radius 2 is 2.00 bits per heavy atom. The first kappa shape index (κ1) is 24.7. The summed E-state index contributed by atoms with van der Waals surface area (Å²) in [5, 5.41) is 11.2. The lowest BCUT2D eigenvalue weighted by molar-refractivity contribution is -0.133. The maximum absolute atomic E-state index is 13.4. The van der Waals surface area contributed by atoms with E-state index in [-0.39, 0.29) is 29.6 Å². The van der Waals surface area contributed by atoms with Crippen molar-refractivity contribution < 1.29 is 18.0 Å². The molecule has 0 unspecified atom stereocenters. The van der Waals surface area contributed by atoms with Gasteiger partial charge >= 0.3 is 6.18 Å². The smallest absolute Gasteiger partial charge is 0.321 e. The highest BCUT2D eigenvalue weighted by atomic mass is 35.5. The first-order valence-electron chi connectivity index (χ1n) is 11.9. The van der Waals surface area contributed by atoms with Gasteiger partial charge in [-0.3, -0.25) is 9.69 Å². The predicted molar refractivity (Wildman–Crippen MR) is 129 cm³/mol. The lowest BCUT2D eigenvalue weighted by Gasteiger charge is -2.42. The zero-order valence-corrected chi connectivity index (χ0v) is 20.5. The molecule has 0 atom stereocenters. The van der Waals surface area contributed by atoms with E-state index >= 15 is 0 Å². The summed E-state index contributed by atoms with van der Waals surface area (Å²) in [6, 6.07) is 9.39. The van der Waals surface area contributed by atoms with E-state index in [9.17, 15) is 18.0 Å². The van der Waals surface area contributed by atoms with Crippen LogP contribution in [0.2, 0.25) is 5.15 Å². The number of benzene rings is 1.